The van der Waals surface area contributed by atoms with Crippen molar-refractivity contribution >= 4 is 5.97 Å². The number of carbonyl (C=O) groups is 1. The molecule has 0 aliphatic heterocycles. The van der Waals surface area contributed by atoms with Crippen LogP contribution in [-0.2, 0) is 11.2 Å². The second-order valence-electron chi connectivity index (χ2n) is 1.79. The Bertz CT molecular complexity index is 222. The normalized spacial score (nSPS) is 9.20. The predicted octanol–water partition coefficient (Wildman–Crippen LogP) is 0.104. The summed E-state index contributed by atoms with van der Waals surface area (Å²) in [6, 6.07) is 3.28. The molecule has 0 saturated heterocycles. The number of hydrogen-bond acceptors (Lipinski definition) is 3. The van der Waals surface area contributed by atoms with Gasteiger partial charge >= 0.3 is 5.97 Å². The fourth-order valence-corrected chi connectivity index (χ4v) is 0.583. The van der Waals surface area contributed by atoms with Gasteiger partial charge in [-0.1, -0.05) is 0 Å². The topological polar surface area (TPSA) is 63.1 Å². The molecule has 0 atom stereocenters. The summed E-state index contributed by atoms with van der Waals surface area (Å²) < 4.78 is 0. The molecule has 0 amide bonds. The smallest absolute Gasteiger partial charge is 0.309 e. The molecular weight excluding hydrogens is 132 g/mol. The molecule has 0 spiro atoms. The molecule has 0 saturated carbocycles. The minimum Gasteiger partial charge on any atom is -0.481 e. The highest BCUT2D eigenvalue weighted by molar-refractivity contribution is 5.69. The number of nitrogens with zero attached hydrogens (tertiary/aromatic N) is 2. The minimum absolute atomic E-state index is 0.0617. The van der Waals surface area contributed by atoms with Crippen molar-refractivity contribution in [3.05, 3.63) is 24.0 Å². The van der Waals surface area contributed by atoms with Crippen molar-refractivity contribution in [3.8, 4) is 0 Å². The predicted molar refractivity (Wildman–Crippen MR) is 33.4 cm³/mol. The fraction of sp³-hybridized carbons (Fsp3) is 0.167. The second kappa shape index (κ2) is 2.91. The quantitative estimate of drug-likeness (QED) is 0.629. The van der Waals surface area contributed by atoms with Gasteiger partial charge in [0.15, 0.2) is 0 Å². The van der Waals surface area contributed by atoms with Crippen LogP contribution in [0.3, 0.4) is 0 Å². The maximum absolute atomic E-state index is 10.1. The lowest BCUT2D eigenvalue weighted by Crippen LogP contribution is -2.02. The number of carboxylic acids is 1. The van der Waals surface area contributed by atoms with E-state index in [0.717, 1.165) is 0 Å². The van der Waals surface area contributed by atoms with Gasteiger partial charge < -0.3 is 5.11 Å². The molecule has 0 aliphatic carbocycles. The SMILES string of the molecule is O=C(O)Cc1cccnn1. The van der Waals surface area contributed by atoms with E-state index in [2.05, 4.69) is 10.2 Å². The van der Waals surface area contributed by atoms with E-state index in [0.29, 0.717) is 5.69 Å². The van der Waals surface area contributed by atoms with E-state index in [4.69, 9.17) is 5.11 Å². The lowest BCUT2D eigenvalue weighted by molar-refractivity contribution is -0.136. The van der Waals surface area contributed by atoms with Crippen LogP contribution in [-0.4, -0.2) is 21.3 Å². The van der Waals surface area contributed by atoms with Crippen LogP contribution in [0.4, 0.5) is 0 Å². The van der Waals surface area contributed by atoms with Crippen LogP contribution in [0.5, 0.6) is 0 Å². The van der Waals surface area contributed by atoms with Crippen LogP contribution in [0.1, 0.15) is 5.69 Å². The molecule has 0 unspecified atom stereocenters. The molecule has 1 aromatic rings. The Labute approximate surface area is 57.5 Å². The Morgan fingerprint density at radius 1 is 1.70 bits per heavy atom. The molecule has 0 aromatic carbocycles. The summed E-state index contributed by atoms with van der Waals surface area (Å²) in [6.07, 6.45) is 1.44. The standard InChI is InChI=1S/C6H6N2O2/c9-6(10)4-5-2-1-3-7-8-5/h1-3H,4H2,(H,9,10). The zero-order valence-corrected chi connectivity index (χ0v) is 5.19. The second-order valence-corrected chi connectivity index (χ2v) is 1.79. The van der Waals surface area contributed by atoms with Crippen LogP contribution in [0.15, 0.2) is 18.3 Å². The van der Waals surface area contributed by atoms with Crippen molar-refractivity contribution in [3.63, 3.8) is 0 Å². The van der Waals surface area contributed by atoms with Crippen LogP contribution < -0.4 is 0 Å². The van der Waals surface area contributed by atoms with Gasteiger partial charge in [0.2, 0.25) is 0 Å². The van der Waals surface area contributed by atoms with Crippen LogP contribution in [0.2, 0.25) is 0 Å². The zero-order valence-electron chi connectivity index (χ0n) is 5.19. The third-order valence-corrected chi connectivity index (χ3v) is 0.960. The first-order chi connectivity index (χ1) is 4.79. The van der Waals surface area contributed by atoms with E-state index in [1.807, 2.05) is 0 Å². The molecule has 1 N–H and O–H groups in total. The van der Waals surface area contributed by atoms with Crippen LogP contribution in [0, 0.1) is 0 Å². The first-order valence-electron chi connectivity index (χ1n) is 2.77. The molecule has 4 heteroatoms. The van der Waals surface area contributed by atoms with Gasteiger partial charge in [-0.15, -0.1) is 0 Å². The van der Waals surface area contributed by atoms with E-state index >= 15 is 0 Å². The highest BCUT2D eigenvalue weighted by Crippen LogP contribution is 1.90. The Morgan fingerprint density at radius 3 is 3.00 bits per heavy atom. The highest BCUT2D eigenvalue weighted by atomic mass is 16.4. The first-order valence-corrected chi connectivity index (χ1v) is 2.77. The van der Waals surface area contributed by atoms with E-state index in [9.17, 15) is 4.79 Å². The number of aliphatic carboxylic acids is 1. The Balaban J connectivity index is 2.67. The molecule has 0 bridgehead atoms. The molecule has 10 heavy (non-hydrogen) atoms. The average Bonchev–Trinajstić information content (AvgIpc) is 1.88. The molecule has 4 nitrogen and oxygen atoms in total. The Hall–Kier alpha value is -1.45. The lowest BCUT2D eigenvalue weighted by atomic mass is 10.3. The molecule has 0 aliphatic rings. The van der Waals surface area contributed by atoms with E-state index in [1.54, 1.807) is 12.1 Å². The molecule has 1 heterocycles. The van der Waals surface area contributed by atoms with Gasteiger partial charge in [0.25, 0.3) is 0 Å². The Morgan fingerprint density at radius 2 is 2.50 bits per heavy atom. The molecule has 1 aromatic heterocycles. The van der Waals surface area contributed by atoms with Crippen molar-refractivity contribution in [1.29, 1.82) is 0 Å². The summed E-state index contributed by atoms with van der Waals surface area (Å²) in [6.45, 7) is 0. The number of carboxylic acid groups (broad SMARTS) is 1. The van der Waals surface area contributed by atoms with Crippen molar-refractivity contribution in [2.24, 2.45) is 0 Å². The van der Waals surface area contributed by atoms with Crippen molar-refractivity contribution in [1.82, 2.24) is 10.2 Å². The van der Waals surface area contributed by atoms with Gasteiger partial charge in [-0.3, -0.25) is 4.79 Å². The third kappa shape index (κ3) is 1.81. The molecule has 0 radical (unpaired) electrons. The van der Waals surface area contributed by atoms with Gasteiger partial charge in [-0.2, -0.15) is 10.2 Å². The number of hydrogen-bond donors (Lipinski definition) is 1. The minimum atomic E-state index is -0.888. The number of rotatable bonds is 2. The van der Waals surface area contributed by atoms with Crippen molar-refractivity contribution < 1.29 is 9.90 Å². The lowest BCUT2D eigenvalue weighted by Gasteiger charge is -1.90. The summed E-state index contributed by atoms with van der Waals surface area (Å²) in [5, 5.41) is 15.4. The van der Waals surface area contributed by atoms with Crippen molar-refractivity contribution in [2.45, 2.75) is 6.42 Å². The van der Waals surface area contributed by atoms with Gasteiger partial charge in [0, 0.05) is 6.20 Å². The Kier molecular flexibility index (Phi) is 1.94. The summed E-state index contributed by atoms with van der Waals surface area (Å²) >= 11 is 0. The van der Waals surface area contributed by atoms with E-state index < -0.39 is 5.97 Å². The van der Waals surface area contributed by atoms with E-state index in [-0.39, 0.29) is 6.42 Å². The van der Waals surface area contributed by atoms with E-state index in [1.165, 1.54) is 6.20 Å². The summed E-state index contributed by atoms with van der Waals surface area (Å²) in [5.74, 6) is -0.888. The third-order valence-electron chi connectivity index (χ3n) is 0.960. The molecular formula is C6H6N2O2. The summed E-state index contributed by atoms with van der Waals surface area (Å²) in [5.41, 5.74) is 0.481. The first kappa shape index (κ1) is 6.67. The van der Waals surface area contributed by atoms with Gasteiger partial charge in [-0.05, 0) is 12.1 Å². The van der Waals surface area contributed by atoms with Gasteiger partial charge in [-0.25, -0.2) is 0 Å². The monoisotopic (exact) mass is 138 g/mol. The summed E-state index contributed by atoms with van der Waals surface area (Å²) in [7, 11) is 0. The zero-order chi connectivity index (χ0) is 7.40. The molecule has 1 rings (SSSR count). The van der Waals surface area contributed by atoms with Gasteiger partial charge in [0.05, 0.1) is 12.1 Å². The fourth-order valence-electron chi connectivity index (χ4n) is 0.583. The average molecular weight is 138 g/mol. The maximum Gasteiger partial charge on any atom is 0.309 e. The van der Waals surface area contributed by atoms with Crippen LogP contribution in [0.25, 0.3) is 0 Å². The van der Waals surface area contributed by atoms with Gasteiger partial charge in [0.1, 0.15) is 0 Å². The summed E-state index contributed by atoms with van der Waals surface area (Å²) in [4.78, 5) is 10.1. The largest absolute Gasteiger partial charge is 0.481 e. The van der Waals surface area contributed by atoms with Crippen molar-refractivity contribution in [2.75, 3.05) is 0 Å². The molecule has 0 fully saturated rings. The highest BCUT2D eigenvalue weighted by Gasteiger charge is 1.99. The van der Waals surface area contributed by atoms with Crippen LogP contribution >= 0.6 is 0 Å². The number of aromatic nitrogens is 2. The molecule has 52 valence electrons. The maximum atomic E-state index is 10.1.